The minimum atomic E-state index is -3.91. The molecule has 0 radical (unpaired) electrons. The highest BCUT2D eigenvalue weighted by molar-refractivity contribution is 7.91. The molecule has 8 nitrogen and oxygen atoms in total. The number of hydrogen-bond donors (Lipinski definition) is 0. The zero-order valence-electron chi connectivity index (χ0n) is 17.7. The van der Waals surface area contributed by atoms with E-state index in [0.29, 0.717) is 13.1 Å². The van der Waals surface area contributed by atoms with Gasteiger partial charge in [-0.25, -0.2) is 25.4 Å². The van der Waals surface area contributed by atoms with Crippen LogP contribution in [0.5, 0.6) is 0 Å². The molecule has 0 aliphatic carbocycles. The van der Waals surface area contributed by atoms with Crippen LogP contribution in [-0.4, -0.2) is 67.6 Å². The monoisotopic (exact) mass is 458 g/mol. The minimum Gasteiger partial charge on any atom is -0.460 e. The van der Waals surface area contributed by atoms with Crippen molar-refractivity contribution in [2.45, 2.75) is 50.2 Å². The van der Waals surface area contributed by atoms with E-state index in [1.807, 2.05) is 18.2 Å². The van der Waals surface area contributed by atoms with E-state index < -0.39 is 36.0 Å². The van der Waals surface area contributed by atoms with E-state index in [9.17, 15) is 21.6 Å². The van der Waals surface area contributed by atoms with Gasteiger partial charge in [-0.05, 0) is 39.2 Å². The molecule has 1 aromatic carbocycles. The lowest BCUT2D eigenvalue weighted by molar-refractivity contribution is -0.144. The third-order valence-corrected chi connectivity index (χ3v) is 11.1. The Balaban J connectivity index is 1.59. The van der Waals surface area contributed by atoms with Crippen LogP contribution in [0.25, 0.3) is 0 Å². The highest BCUT2D eigenvalue weighted by atomic mass is 32.2. The summed E-state index contributed by atoms with van der Waals surface area (Å²) >= 11 is 0. The molecule has 0 spiro atoms. The Kier molecular flexibility index (Phi) is 6.62. The van der Waals surface area contributed by atoms with Crippen LogP contribution in [0.2, 0.25) is 0 Å². The maximum Gasteiger partial charge on any atom is 0.325 e. The summed E-state index contributed by atoms with van der Waals surface area (Å²) in [6, 6.07) is 9.03. The number of hydrogen-bond acceptors (Lipinski definition) is 6. The molecule has 0 saturated carbocycles. The number of ether oxygens (including phenoxy) is 1. The fraction of sp³-hybridized carbons (Fsp3) is 0.650. The first-order valence-corrected chi connectivity index (χ1v) is 13.1. The van der Waals surface area contributed by atoms with Crippen LogP contribution in [0.1, 0.15) is 39.2 Å². The van der Waals surface area contributed by atoms with Crippen LogP contribution in [-0.2, 0) is 36.2 Å². The summed E-state index contributed by atoms with van der Waals surface area (Å²) in [7, 11) is -7.44. The normalized spacial score (nSPS) is 20.6. The number of nitrogens with zero attached hydrogens (tertiary/aromatic N) is 2. The standard InChI is InChI=1S/C20H30N2O6S2/c1-16(19(23)28-15-17-9-5-4-6-10-17)29(24,25)22-13-18(14-22)20(2,3)30(26,27)21-11-7-8-12-21/h4-6,9-10,16,18H,7-8,11-15H2,1-3H3. The minimum absolute atomic E-state index is 0.00324. The Labute approximate surface area is 179 Å². The quantitative estimate of drug-likeness (QED) is 0.548. The molecular formula is C20H30N2O6S2. The second-order valence-corrected chi connectivity index (χ2v) is 13.3. The van der Waals surface area contributed by atoms with Crippen molar-refractivity contribution in [3.05, 3.63) is 35.9 Å². The molecule has 0 amide bonds. The van der Waals surface area contributed by atoms with E-state index >= 15 is 0 Å². The highest BCUT2D eigenvalue weighted by Gasteiger charge is 2.53. The molecule has 2 aliphatic heterocycles. The first-order valence-electron chi connectivity index (χ1n) is 10.2. The average Bonchev–Trinajstić information content (AvgIpc) is 3.20. The van der Waals surface area contributed by atoms with E-state index in [1.165, 1.54) is 15.5 Å². The Morgan fingerprint density at radius 2 is 1.63 bits per heavy atom. The Morgan fingerprint density at radius 1 is 1.07 bits per heavy atom. The van der Waals surface area contributed by atoms with Crippen molar-refractivity contribution in [3.63, 3.8) is 0 Å². The van der Waals surface area contributed by atoms with Crippen molar-refractivity contribution in [2.75, 3.05) is 26.2 Å². The molecule has 30 heavy (non-hydrogen) atoms. The molecule has 2 fully saturated rings. The predicted molar refractivity (Wildman–Crippen MR) is 113 cm³/mol. The van der Waals surface area contributed by atoms with Gasteiger partial charge in [-0.15, -0.1) is 0 Å². The maximum absolute atomic E-state index is 13.0. The number of carbonyl (C=O) groups excluding carboxylic acids is 1. The van der Waals surface area contributed by atoms with E-state index in [4.69, 9.17) is 4.74 Å². The number of esters is 1. The van der Waals surface area contributed by atoms with Gasteiger partial charge in [0, 0.05) is 32.1 Å². The zero-order valence-corrected chi connectivity index (χ0v) is 19.3. The SMILES string of the molecule is CC(C(=O)OCc1ccccc1)S(=O)(=O)N1CC(C(C)(C)S(=O)(=O)N2CCCC2)C1. The lowest BCUT2D eigenvalue weighted by Crippen LogP contribution is -2.63. The molecule has 2 saturated heterocycles. The third kappa shape index (κ3) is 4.28. The Hall–Kier alpha value is -1.49. The second kappa shape index (κ2) is 8.57. The fourth-order valence-corrected chi connectivity index (χ4v) is 7.26. The summed E-state index contributed by atoms with van der Waals surface area (Å²) in [6.45, 7) is 5.83. The Morgan fingerprint density at radius 3 is 2.20 bits per heavy atom. The molecule has 0 aromatic heterocycles. The number of rotatable bonds is 8. The van der Waals surface area contributed by atoms with Crippen LogP contribution < -0.4 is 0 Å². The first-order chi connectivity index (χ1) is 14.0. The molecule has 2 aliphatic rings. The lowest BCUT2D eigenvalue weighted by atomic mass is 9.89. The lowest BCUT2D eigenvalue weighted by Gasteiger charge is -2.47. The van der Waals surface area contributed by atoms with Crippen molar-refractivity contribution < 1.29 is 26.4 Å². The van der Waals surface area contributed by atoms with Gasteiger partial charge < -0.3 is 4.74 Å². The first kappa shape index (κ1) is 23.2. The van der Waals surface area contributed by atoms with E-state index in [0.717, 1.165) is 18.4 Å². The van der Waals surface area contributed by atoms with Gasteiger partial charge >= 0.3 is 5.97 Å². The van der Waals surface area contributed by atoms with Gasteiger partial charge in [-0.2, -0.15) is 0 Å². The summed E-state index contributed by atoms with van der Waals surface area (Å²) in [5.74, 6) is -1.14. The molecule has 0 bridgehead atoms. The van der Waals surface area contributed by atoms with Crippen LogP contribution in [0.4, 0.5) is 0 Å². The molecule has 3 rings (SSSR count). The molecular weight excluding hydrogens is 428 g/mol. The van der Waals surface area contributed by atoms with Gasteiger partial charge in [0.25, 0.3) is 0 Å². The molecule has 2 heterocycles. The largest absolute Gasteiger partial charge is 0.460 e. The molecule has 1 atom stereocenters. The number of carbonyl (C=O) groups is 1. The highest BCUT2D eigenvalue weighted by Crippen LogP contribution is 2.38. The number of sulfonamides is 2. The fourth-order valence-electron chi connectivity index (χ4n) is 3.75. The predicted octanol–water partition coefficient (Wildman–Crippen LogP) is 1.58. The van der Waals surface area contributed by atoms with E-state index in [2.05, 4.69) is 0 Å². The van der Waals surface area contributed by atoms with E-state index in [-0.39, 0.29) is 25.6 Å². The maximum atomic E-state index is 13.0. The smallest absolute Gasteiger partial charge is 0.325 e. The molecule has 1 aromatic rings. The van der Waals surface area contributed by atoms with Crippen LogP contribution in [0.3, 0.4) is 0 Å². The molecule has 1 unspecified atom stereocenters. The van der Waals surface area contributed by atoms with Crippen molar-refractivity contribution in [1.29, 1.82) is 0 Å². The summed E-state index contributed by atoms with van der Waals surface area (Å²) < 4.78 is 58.4. The van der Waals surface area contributed by atoms with Gasteiger partial charge in [-0.3, -0.25) is 4.79 Å². The molecule has 0 N–H and O–H groups in total. The number of benzene rings is 1. The summed E-state index contributed by atoms with van der Waals surface area (Å²) in [5, 5.41) is -1.35. The summed E-state index contributed by atoms with van der Waals surface area (Å²) in [5.41, 5.74) is 0.772. The zero-order chi connectivity index (χ0) is 22.2. The van der Waals surface area contributed by atoms with Crippen molar-refractivity contribution in [3.8, 4) is 0 Å². The van der Waals surface area contributed by atoms with Crippen molar-refractivity contribution in [1.82, 2.24) is 8.61 Å². The van der Waals surface area contributed by atoms with Crippen molar-refractivity contribution >= 4 is 26.0 Å². The molecule has 10 heteroatoms. The third-order valence-electron chi connectivity index (χ3n) is 6.26. The molecule has 168 valence electrons. The van der Waals surface area contributed by atoms with Gasteiger partial charge in [0.05, 0.1) is 4.75 Å². The second-order valence-electron chi connectivity index (χ2n) is 8.51. The van der Waals surface area contributed by atoms with Crippen LogP contribution in [0.15, 0.2) is 30.3 Å². The topological polar surface area (TPSA) is 101 Å². The van der Waals surface area contributed by atoms with Crippen molar-refractivity contribution in [2.24, 2.45) is 5.92 Å². The summed E-state index contributed by atoms with van der Waals surface area (Å²) in [4.78, 5) is 12.3. The van der Waals surface area contributed by atoms with Gasteiger partial charge in [0.1, 0.15) is 6.61 Å². The Bertz CT molecular complexity index is 964. The van der Waals surface area contributed by atoms with Gasteiger partial charge in [-0.1, -0.05) is 30.3 Å². The van der Waals surface area contributed by atoms with Crippen LogP contribution in [0, 0.1) is 5.92 Å². The van der Waals surface area contributed by atoms with Gasteiger partial charge in [0.2, 0.25) is 20.0 Å². The van der Waals surface area contributed by atoms with Crippen LogP contribution >= 0.6 is 0 Å². The summed E-state index contributed by atoms with van der Waals surface area (Å²) in [6.07, 6.45) is 1.70. The van der Waals surface area contributed by atoms with Gasteiger partial charge in [0.15, 0.2) is 5.25 Å². The average molecular weight is 459 g/mol. The van der Waals surface area contributed by atoms with E-state index in [1.54, 1.807) is 26.0 Å².